The minimum atomic E-state index is 0.288. The average Bonchev–Trinajstić information content (AvgIpc) is 2.29. The molecule has 4 heteroatoms. The van der Waals surface area contributed by atoms with Crippen molar-refractivity contribution in [1.29, 1.82) is 5.26 Å². The molecule has 0 aliphatic heterocycles. The molecular weight excluding hydrogens is 236 g/mol. The Bertz CT molecular complexity index is 412. The predicted octanol–water partition coefficient (Wildman–Crippen LogP) is 3.07. The molecule has 0 heterocycles. The summed E-state index contributed by atoms with van der Waals surface area (Å²) in [6.07, 6.45) is 0. The molecule has 0 saturated carbocycles. The molecule has 0 aliphatic rings. The Balaban J connectivity index is 3.08. The number of rotatable bonds is 5. The quantitative estimate of drug-likeness (QED) is 0.808. The zero-order valence-corrected chi connectivity index (χ0v) is 11.2. The minimum absolute atomic E-state index is 0.288. The number of benzene rings is 1. The average molecular weight is 253 g/mol. The molecule has 0 saturated heterocycles. The van der Waals surface area contributed by atoms with E-state index in [1.165, 1.54) is 0 Å². The van der Waals surface area contributed by atoms with Crippen LogP contribution in [-0.4, -0.2) is 26.3 Å². The van der Waals surface area contributed by atoms with Crippen LogP contribution in [0.25, 0.3) is 0 Å². The van der Waals surface area contributed by atoms with Crippen molar-refractivity contribution < 1.29 is 4.74 Å². The largest absolute Gasteiger partial charge is 0.383 e. The molecule has 0 amide bonds. The van der Waals surface area contributed by atoms with E-state index in [1.54, 1.807) is 19.2 Å². The van der Waals surface area contributed by atoms with Crippen molar-refractivity contribution in [2.24, 2.45) is 0 Å². The second-order valence-corrected chi connectivity index (χ2v) is 4.49. The van der Waals surface area contributed by atoms with Gasteiger partial charge in [0.2, 0.25) is 0 Å². The summed E-state index contributed by atoms with van der Waals surface area (Å²) in [6, 6.07) is 7.79. The van der Waals surface area contributed by atoms with E-state index in [2.05, 4.69) is 24.8 Å². The van der Waals surface area contributed by atoms with Gasteiger partial charge in [-0.15, -0.1) is 0 Å². The lowest BCUT2D eigenvalue weighted by molar-refractivity contribution is 0.204. The molecule has 0 atom stereocenters. The fraction of sp³-hybridized carbons (Fsp3) is 0.462. The molecule has 1 aromatic carbocycles. The number of halogens is 1. The summed E-state index contributed by atoms with van der Waals surface area (Å²) in [4.78, 5) is 2.12. The van der Waals surface area contributed by atoms with Crippen LogP contribution in [0.15, 0.2) is 18.2 Å². The van der Waals surface area contributed by atoms with E-state index in [0.29, 0.717) is 17.2 Å². The van der Waals surface area contributed by atoms with E-state index in [9.17, 15) is 0 Å². The molecule has 3 nitrogen and oxygen atoms in total. The lowest BCUT2D eigenvalue weighted by Crippen LogP contribution is -2.34. The Morgan fingerprint density at radius 1 is 1.47 bits per heavy atom. The zero-order chi connectivity index (χ0) is 12.8. The second-order valence-electron chi connectivity index (χ2n) is 4.05. The molecule has 92 valence electrons. The van der Waals surface area contributed by atoms with Crippen LogP contribution in [0.1, 0.15) is 19.4 Å². The summed E-state index contributed by atoms with van der Waals surface area (Å²) >= 11 is 5.99. The summed E-state index contributed by atoms with van der Waals surface area (Å²) in [6.45, 7) is 5.52. The highest BCUT2D eigenvalue weighted by atomic mass is 35.5. The molecule has 1 aromatic rings. The Labute approximate surface area is 108 Å². The monoisotopic (exact) mass is 252 g/mol. The lowest BCUT2D eigenvalue weighted by Gasteiger charge is -2.29. The van der Waals surface area contributed by atoms with Crippen molar-refractivity contribution in [2.75, 3.05) is 25.2 Å². The normalized spacial score (nSPS) is 10.4. The number of hydrogen-bond donors (Lipinski definition) is 0. The molecule has 0 fully saturated rings. The predicted molar refractivity (Wildman–Crippen MR) is 70.5 cm³/mol. The lowest BCUT2D eigenvalue weighted by atomic mass is 10.1. The van der Waals surface area contributed by atoms with Crippen LogP contribution in [0.5, 0.6) is 0 Å². The topological polar surface area (TPSA) is 36.3 Å². The summed E-state index contributed by atoms with van der Waals surface area (Å²) in [7, 11) is 1.67. The van der Waals surface area contributed by atoms with Gasteiger partial charge in [-0.05, 0) is 32.0 Å². The number of methoxy groups -OCH3 is 1. The maximum absolute atomic E-state index is 9.11. The fourth-order valence-electron chi connectivity index (χ4n) is 1.68. The maximum Gasteiger partial charge on any atom is 0.101 e. The highest BCUT2D eigenvalue weighted by Crippen LogP contribution is 2.25. The summed E-state index contributed by atoms with van der Waals surface area (Å²) in [5, 5.41) is 9.76. The minimum Gasteiger partial charge on any atom is -0.383 e. The molecule has 0 spiro atoms. The van der Waals surface area contributed by atoms with Crippen LogP contribution in [0.3, 0.4) is 0 Å². The molecule has 0 unspecified atom stereocenters. The molecular formula is C13H17ClN2O. The third-order valence-corrected chi connectivity index (χ3v) is 2.78. The van der Waals surface area contributed by atoms with E-state index in [1.807, 2.05) is 6.07 Å². The van der Waals surface area contributed by atoms with Gasteiger partial charge >= 0.3 is 0 Å². The van der Waals surface area contributed by atoms with Gasteiger partial charge in [-0.3, -0.25) is 0 Å². The number of hydrogen-bond acceptors (Lipinski definition) is 3. The van der Waals surface area contributed by atoms with Gasteiger partial charge < -0.3 is 9.64 Å². The SMILES string of the molecule is COCCN(c1cc(Cl)ccc1C#N)C(C)C. The van der Waals surface area contributed by atoms with Crippen LogP contribution in [0.4, 0.5) is 5.69 Å². The first-order valence-corrected chi connectivity index (χ1v) is 5.93. The third kappa shape index (κ3) is 3.62. The molecule has 0 bridgehead atoms. The van der Waals surface area contributed by atoms with Gasteiger partial charge in [-0.1, -0.05) is 11.6 Å². The number of nitriles is 1. The standard InChI is InChI=1S/C13H17ClN2O/c1-10(2)16(6-7-17-3)13-8-12(14)5-4-11(13)9-15/h4-5,8,10H,6-7H2,1-3H3. The molecule has 1 rings (SSSR count). The van der Waals surface area contributed by atoms with Gasteiger partial charge in [-0.25, -0.2) is 0 Å². The molecule has 17 heavy (non-hydrogen) atoms. The van der Waals surface area contributed by atoms with Crippen LogP contribution < -0.4 is 4.90 Å². The van der Waals surface area contributed by atoms with Crippen molar-refractivity contribution in [2.45, 2.75) is 19.9 Å². The van der Waals surface area contributed by atoms with Gasteiger partial charge in [-0.2, -0.15) is 5.26 Å². The first-order valence-electron chi connectivity index (χ1n) is 5.55. The zero-order valence-electron chi connectivity index (χ0n) is 10.4. The van der Waals surface area contributed by atoms with Gasteiger partial charge in [0.15, 0.2) is 0 Å². The first-order chi connectivity index (χ1) is 8.10. The summed E-state index contributed by atoms with van der Waals surface area (Å²) < 4.78 is 5.09. The number of anilines is 1. The van der Waals surface area contributed by atoms with Gasteiger partial charge in [0.05, 0.1) is 17.9 Å². The van der Waals surface area contributed by atoms with Crippen molar-refractivity contribution in [3.63, 3.8) is 0 Å². The Kier molecular flexibility index (Phi) is 5.27. The van der Waals surface area contributed by atoms with E-state index >= 15 is 0 Å². The highest BCUT2D eigenvalue weighted by Gasteiger charge is 2.14. The maximum atomic E-state index is 9.11. The molecule has 0 radical (unpaired) electrons. The van der Waals surface area contributed by atoms with Crippen LogP contribution in [0.2, 0.25) is 5.02 Å². The Morgan fingerprint density at radius 3 is 2.71 bits per heavy atom. The fourth-order valence-corrected chi connectivity index (χ4v) is 1.85. The van der Waals surface area contributed by atoms with E-state index in [0.717, 1.165) is 12.2 Å². The van der Waals surface area contributed by atoms with E-state index < -0.39 is 0 Å². The van der Waals surface area contributed by atoms with E-state index in [4.69, 9.17) is 21.6 Å². The smallest absolute Gasteiger partial charge is 0.101 e. The van der Waals surface area contributed by atoms with Crippen molar-refractivity contribution >= 4 is 17.3 Å². The molecule has 0 N–H and O–H groups in total. The summed E-state index contributed by atoms with van der Waals surface area (Å²) in [5.74, 6) is 0. The number of ether oxygens (including phenoxy) is 1. The Morgan fingerprint density at radius 2 is 2.18 bits per heavy atom. The van der Waals surface area contributed by atoms with Gasteiger partial charge in [0.25, 0.3) is 0 Å². The highest BCUT2D eigenvalue weighted by molar-refractivity contribution is 6.30. The van der Waals surface area contributed by atoms with Gasteiger partial charge in [0.1, 0.15) is 6.07 Å². The van der Waals surface area contributed by atoms with Crippen molar-refractivity contribution in [1.82, 2.24) is 0 Å². The Hall–Kier alpha value is -1.24. The summed E-state index contributed by atoms with van der Waals surface area (Å²) in [5.41, 5.74) is 1.51. The molecule has 0 aliphatic carbocycles. The number of nitrogens with zero attached hydrogens (tertiary/aromatic N) is 2. The van der Waals surface area contributed by atoms with Gasteiger partial charge in [0, 0.05) is 24.7 Å². The molecule has 0 aromatic heterocycles. The van der Waals surface area contributed by atoms with Crippen LogP contribution in [0, 0.1) is 11.3 Å². The second kappa shape index (κ2) is 6.48. The first kappa shape index (κ1) is 13.8. The van der Waals surface area contributed by atoms with Crippen LogP contribution in [-0.2, 0) is 4.74 Å². The van der Waals surface area contributed by atoms with Crippen LogP contribution >= 0.6 is 11.6 Å². The van der Waals surface area contributed by atoms with E-state index in [-0.39, 0.29) is 6.04 Å². The third-order valence-electron chi connectivity index (χ3n) is 2.55. The van der Waals surface area contributed by atoms with Crippen molar-refractivity contribution in [3.05, 3.63) is 28.8 Å². The van der Waals surface area contributed by atoms with Crippen molar-refractivity contribution in [3.8, 4) is 6.07 Å².